The van der Waals surface area contributed by atoms with Gasteiger partial charge in [0, 0.05) is 6.61 Å². The number of benzene rings is 2. The van der Waals surface area contributed by atoms with Gasteiger partial charge in [-0.05, 0) is 37.1 Å². The van der Waals surface area contributed by atoms with Crippen molar-refractivity contribution in [2.75, 3.05) is 30.5 Å². The topological polar surface area (TPSA) is 85.7 Å². The molecule has 31 heavy (non-hydrogen) atoms. The highest BCUT2D eigenvalue weighted by molar-refractivity contribution is 6.05. The molecule has 160 valence electrons. The van der Waals surface area contributed by atoms with Crippen LogP contribution in [0.1, 0.15) is 25.3 Å². The normalized spacial score (nSPS) is 20.3. The van der Waals surface area contributed by atoms with Crippen LogP contribution < -0.4 is 15.0 Å². The summed E-state index contributed by atoms with van der Waals surface area (Å²) < 4.78 is 12.9. The van der Waals surface area contributed by atoms with Crippen LogP contribution in [-0.2, 0) is 14.3 Å². The van der Waals surface area contributed by atoms with Gasteiger partial charge in [0.15, 0.2) is 0 Å². The Kier molecular flexibility index (Phi) is 5.07. The van der Waals surface area contributed by atoms with E-state index >= 15 is 0 Å². The quantitative estimate of drug-likeness (QED) is 0.662. The van der Waals surface area contributed by atoms with Crippen molar-refractivity contribution in [1.82, 2.24) is 9.55 Å². The Balaban J connectivity index is 1.44. The van der Waals surface area contributed by atoms with Crippen molar-refractivity contribution in [3.05, 3.63) is 48.5 Å². The molecule has 0 spiro atoms. The number of methoxy groups -OCH3 is 1. The van der Waals surface area contributed by atoms with Crippen molar-refractivity contribution < 1.29 is 19.1 Å². The number of hydrogen-bond donors (Lipinski definition) is 1. The predicted molar refractivity (Wildman–Crippen MR) is 116 cm³/mol. The standard InChI is InChI=1S/C23H24N4O4/c1-30-20-11-5-3-9-17(20)24-21(28)13-19-22(29)26(14-15-7-6-12-31-15)23-25-16-8-2-4-10-18(16)27(19)23/h2-5,8-11,15,19H,6-7,12-14H2,1H3,(H,24,28)/t15-,19-/m0/s1. The van der Waals surface area contributed by atoms with Crippen LogP contribution in [0.5, 0.6) is 5.75 Å². The number of para-hydroxylation sites is 4. The monoisotopic (exact) mass is 420 g/mol. The number of carbonyl (C=O) groups is 2. The minimum Gasteiger partial charge on any atom is -0.495 e. The molecule has 0 aliphatic carbocycles. The second-order valence-corrected chi connectivity index (χ2v) is 7.82. The minimum absolute atomic E-state index is 0.00151. The number of nitrogens with one attached hydrogen (secondary N) is 1. The zero-order chi connectivity index (χ0) is 21.4. The van der Waals surface area contributed by atoms with Gasteiger partial charge < -0.3 is 14.8 Å². The Morgan fingerprint density at radius 3 is 2.84 bits per heavy atom. The summed E-state index contributed by atoms with van der Waals surface area (Å²) >= 11 is 0. The number of rotatable bonds is 6. The smallest absolute Gasteiger partial charge is 0.253 e. The Labute approximate surface area is 179 Å². The summed E-state index contributed by atoms with van der Waals surface area (Å²) in [5.74, 6) is 0.767. The second-order valence-electron chi connectivity index (χ2n) is 7.82. The zero-order valence-corrected chi connectivity index (χ0v) is 17.3. The summed E-state index contributed by atoms with van der Waals surface area (Å²) in [6.07, 6.45) is 1.92. The van der Waals surface area contributed by atoms with Crippen LogP contribution >= 0.6 is 0 Å². The van der Waals surface area contributed by atoms with Crippen LogP contribution in [-0.4, -0.2) is 47.7 Å². The molecule has 0 saturated carbocycles. The molecule has 1 fully saturated rings. The fraction of sp³-hybridized carbons (Fsp3) is 0.348. The lowest BCUT2D eigenvalue weighted by Gasteiger charge is -2.19. The SMILES string of the molecule is COc1ccccc1NC(=O)C[C@H]1C(=O)N(C[C@@H]2CCCO2)c2nc3ccccc3n21. The summed E-state index contributed by atoms with van der Waals surface area (Å²) in [6.45, 7) is 1.17. The lowest BCUT2D eigenvalue weighted by Crippen LogP contribution is -2.37. The van der Waals surface area contributed by atoms with Gasteiger partial charge in [-0.1, -0.05) is 24.3 Å². The summed E-state index contributed by atoms with van der Waals surface area (Å²) in [6, 6.07) is 14.2. The number of ether oxygens (including phenoxy) is 2. The van der Waals surface area contributed by atoms with Crippen molar-refractivity contribution in [1.29, 1.82) is 0 Å². The molecule has 0 bridgehead atoms. The molecule has 2 aromatic carbocycles. The maximum Gasteiger partial charge on any atom is 0.253 e. The van der Waals surface area contributed by atoms with Crippen molar-refractivity contribution in [3.8, 4) is 5.75 Å². The number of nitrogens with zero attached hydrogens (tertiary/aromatic N) is 3. The first-order valence-electron chi connectivity index (χ1n) is 10.5. The van der Waals surface area contributed by atoms with Gasteiger partial charge >= 0.3 is 0 Å². The van der Waals surface area contributed by atoms with Crippen LogP contribution in [0.15, 0.2) is 48.5 Å². The molecule has 5 rings (SSSR count). The summed E-state index contributed by atoms with van der Waals surface area (Å²) in [5.41, 5.74) is 2.22. The van der Waals surface area contributed by atoms with Gasteiger partial charge in [0.25, 0.3) is 5.91 Å². The first-order valence-corrected chi connectivity index (χ1v) is 10.5. The molecule has 2 aliphatic rings. The first kappa shape index (κ1) is 19.6. The van der Waals surface area contributed by atoms with Gasteiger partial charge in [0.2, 0.25) is 11.9 Å². The molecular weight excluding hydrogens is 396 g/mol. The Morgan fingerprint density at radius 2 is 2.03 bits per heavy atom. The van der Waals surface area contributed by atoms with E-state index in [-0.39, 0.29) is 24.3 Å². The summed E-state index contributed by atoms with van der Waals surface area (Å²) in [4.78, 5) is 32.7. The number of amides is 2. The van der Waals surface area contributed by atoms with E-state index in [1.54, 1.807) is 24.1 Å². The molecule has 0 unspecified atom stereocenters. The largest absolute Gasteiger partial charge is 0.495 e. The Morgan fingerprint density at radius 1 is 1.23 bits per heavy atom. The molecule has 8 nitrogen and oxygen atoms in total. The van der Waals surface area contributed by atoms with E-state index in [1.165, 1.54) is 0 Å². The molecule has 1 aromatic heterocycles. The highest BCUT2D eigenvalue weighted by atomic mass is 16.5. The fourth-order valence-electron chi connectivity index (χ4n) is 4.39. The molecule has 2 atom stereocenters. The third-order valence-electron chi connectivity index (χ3n) is 5.85. The molecular formula is C23H24N4O4. The van der Waals surface area contributed by atoms with Crippen LogP contribution in [0.4, 0.5) is 11.6 Å². The van der Waals surface area contributed by atoms with E-state index < -0.39 is 6.04 Å². The highest BCUT2D eigenvalue weighted by Gasteiger charge is 2.42. The second kappa shape index (κ2) is 8.03. The van der Waals surface area contributed by atoms with E-state index in [0.29, 0.717) is 30.5 Å². The highest BCUT2D eigenvalue weighted by Crippen LogP contribution is 2.37. The first-order chi connectivity index (χ1) is 15.2. The lowest BCUT2D eigenvalue weighted by atomic mass is 10.1. The van der Waals surface area contributed by atoms with Crippen LogP contribution in [0.3, 0.4) is 0 Å². The summed E-state index contributed by atoms with van der Waals surface area (Å²) in [5, 5.41) is 2.87. The zero-order valence-electron chi connectivity index (χ0n) is 17.3. The number of aromatic nitrogens is 2. The fourth-order valence-corrected chi connectivity index (χ4v) is 4.39. The van der Waals surface area contributed by atoms with Crippen molar-refractivity contribution >= 4 is 34.5 Å². The molecule has 8 heteroatoms. The van der Waals surface area contributed by atoms with Gasteiger partial charge in [-0.3, -0.25) is 19.1 Å². The predicted octanol–water partition coefficient (Wildman–Crippen LogP) is 3.14. The van der Waals surface area contributed by atoms with Crippen molar-refractivity contribution in [2.24, 2.45) is 0 Å². The average molecular weight is 420 g/mol. The third kappa shape index (κ3) is 3.53. The number of carbonyl (C=O) groups excluding carboxylic acids is 2. The van der Waals surface area contributed by atoms with Gasteiger partial charge in [-0.15, -0.1) is 0 Å². The average Bonchev–Trinajstić information content (AvgIpc) is 3.48. The van der Waals surface area contributed by atoms with Crippen molar-refractivity contribution in [3.63, 3.8) is 0 Å². The van der Waals surface area contributed by atoms with Crippen LogP contribution in [0, 0.1) is 0 Å². The molecule has 1 saturated heterocycles. The Hall–Kier alpha value is -3.39. The summed E-state index contributed by atoms with van der Waals surface area (Å²) in [7, 11) is 1.55. The molecule has 2 amide bonds. The number of imidazole rings is 1. The van der Waals surface area contributed by atoms with Gasteiger partial charge in [0.1, 0.15) is 11.8 Å². The lowest BCUT2D eigenvalue weighted by molar-refractivity contribution is -0.124. The molecule has 3 aromatic rings. The van der Waals surface area contributed by atoms with E-state index in [4.69, 9.17) is 14.5 Å². The van der Waals surface area contributed by atoms with Crippen LogP contribution in [0.25, 0.3) is 11.0 Å². The van der Waals surface area contributed by atoms with Crippen LogP contribution in [0.2, 0.25) is 0 Å². The molecule has 3 heterocycles. The van der Waals surface area contributed by atoms with Crippen molar-refractivity contribution in [2.45, 2.75) is 31.4 Å². The van der Waals surface area contributed by atoms with Gasteiger partial charge in [0.05, 0.1) is 42.9 Å². The number of hydrogen-bond acceptors (Lipinski definition) is 5. The Bertz CT molecular complexity index is 1140. The molecule has 2 aliphatic heterocycles. The molecule has 0 radical (unpaired) electrons. The number of fused-ring (bicyclic) bond motifs is 3. The van der Waals surface area contributed by atoms with Gasteiger partial charge in [-0.25, -0.2) is 4.98 Å². The molecule has 1 N–H and O–H groups in total. The third-order valence-corrected chi connectivity index (χ3v) is 5.85. The van der Waals surface area contributed by atoms with E-state index in [9.17, 15) is 9.59 Å². The van der Waals surface area contributed by atoms with E-state index in [0.717, 1.165) is 23.9 Å². The maximum absolute atomic E-state index is 13.4. The minimum atomic E-state index is -0.654. The number of anilines is 2. The van der Waals surface area contributed by atoms with Gasteiger partial charge in [-0.2, -0.15) is 0 Å². The van der Waals surface area contributed by atoms with E-state index in [1.807, 2.05) is 41.0 Å². The maximum atomic E-state index is 13.4. The van der Waals surface area contributed by atoms with E-state index in [2.05, 4.69) is 5.32 Å².